The van der Waals surface area contributed by atoms with E-state index in [0.29, 0.717) is 56.8 Å². The predicted molar refractivity (Wildman–Crippen MR) is 137 cm³/mol. The van der Waals surface area contributed by atoms with Crippen molar-refractivity contribution in [1.29, 1.82) is 0 Å². The first-order chi connectivity index (χ1) is 17.9. The van der Waals surface area contributed by atoms with Crippen LogP contribution < -0.4 is 33.8 Å². The van der Waals surface area contributed by atoms with Crippen molar-refractivity contribution in [3.63, 3.8) is 0 Å². The van der Waals surface area contributed by atoms with Crippen LogP contribution in [0.3, 0.4) is 0 Å². The molecule has 0 saturated heterocycles. The van der Waals surface area contributed by atoms with Crippen LogP contribution in [0, 0.1) is 0 Å². The number of thiazole rings is 1. The summed E-state index contributed by atoms with van der Waals surface area (Å²) in [6.07, 6.45) is 1.78. The Hall–Kier alpha value is -4.05. The Morgan fingerprint density at radius 1 is 1.14 bits per heavy atom. The topological polar surface area (TPSA) is 97.6 Å². The Morgan fingerprint density at radius 3 is 2.65 bits per heavy atom. The highest BCUT2D eigenvalue weighted by Gasteiger charge is 2.35. The van der Waals surface area contributed by atoms with Crippen molar-refractivity contribution in [3.8, 4) is 23.0 Å². The highest BCUT2D eigenvalue weighted by molar-refractivity contribution is 7.07. The zero-order chi connectivity index (χ0) is 26.1. The lowest BCUT2D eigenvalue weighted by Gasteiger charge is -2.26. The monoisotopic (exact) mass is 522 g/mol. The van der Waals surface area contributed by atoms with Crippen molar-refractivity contribution in [1.82, 2.24) is 4.57 Å². The van der Waals surface area contributed by atoms with Gasteiger partial charge in [-0.25, -0.2) is 9.79 Å². The van der Waals surface area contributed by atoms with E-state index in [1.54, 1.807) is 45.2 Å². The van der Waals surface area contributed by atoms with E-state index in [-0.39, 0.29) is 17.7 Å². The van der Waals surface area contributed by atoms with Crippen molar-refractivity contribution in [2.45, 2.75) is 19.9 Å². The molecule has 1 unspecified atom stereocenters. The highest BCUT2D eigenvalue weighted by atomic mass is 32.1. The molecule has 1 aromatic heterocycles. The number of benzene rings is 2. The quantitative estimate of drug-likeness (QED) is 0.459. The maximum Gasteiger partial charge on any atom is 0.338 e. The fourth-order valence-electron chi connectivity index (χ4n) is 4.44. The molecule has 2 aliphatic heterocycles. The van der Waals surface area contributed by atoms with Crippen LogP contribution in [0.2, 0.25) is 0 Å². The van der Waals surface area contributed by atoms with Gasteiger partial charge < -0.3 is 23.7 Å². The molecule has 2 aliphatic rings. The maximum atomic E-state index is 13.9. The molecule has 9 nitrogen and oxygen atoms in total. The molecule has 5 rings (SSSR count). The maximum absolute atomic E-state index is 13.9. The van der Waals surface area contributed by atoms with Crippen LogP contribution in [0.25, 0.3) is 6.08 Å². The second kappa shape index (κ2) is 10.1. The van der Waals surface area contributed by atoms with Crippen LogP contribution >= 0.6 is 11.3 Å². The van der Waals surface area contributed by atoms with E-state index >= 15 is 0 Å². The van der Waals surface area contributed by atoms with Gasteiger partial charge in [0.25, 0.3) is 5.56 Å². The van der Waals surface area contributed by atoms with E-state index < -0.39 is 12.0 Å². The highest BCUT2D eigenvalue weighted by Crippen LogP contribution is 2.38. The van der Waals surface area contributed by atoms with Crippen LogP contribution in [-0.4, -0.2) is 44.6 Å². The summed E-state index contributed by atoms with van der Waals surface area (Å²) < 4.78 is 29.7. The number of esters is 1. The largest absolute Gasteiger partial charge is 0.497 e. The van der Waals surface area contributed by atoms with Gasteiger partial charge in [0.15, 0.2) is 16.3 Å². The van der Waals surface area contributed by atoms with Gasteiger partial charge in [-0.15, -0.1) is 0 Å². The molecule has 192 valence electrons. The molecule has 2 aromatic carbocycles. The van der Waals surface area contributed by atoms with E-state index in [9.17, 15) is 9.59 Å². The van der Waals surface area contributed by atoms with Gasteiger partial charge in [-0.3, -0.25) is 9.36 Å². The number of carbonyl (C=O) groups is 1. The summed E-state index contributed by atoms with van der Waals surface area (Å²) >= 11 is 1.24. The number of rotatable bonds is 6. The van der Waals surface area contributed by atoms with Gasteiger partial charge >= 0.3 is 5.97 Å². The predicted octanol–water partition coefficient (Wildman–Crippen LogP) is 2.59. The fraction of sp³-hybridized carbons (Fsp3) is 0.296. The molecule has 10 heteroatoms. The average Bonchev–Trinajstić information content (AvgIpc) is 3.21. The number of nitrogens with zero attached hydrogens (tertiary/aromatic N) is 2. The Balaban J connectivity index is 1.72. The third kappa shape index (κ3) is 4.48. The van der Waals surface area contributed by atoms with Gasteiger partial charge in [-0.2, -0.15) is 0 Å². The Morgan fingerprint density at radius 2 is 1.92 bits per heavy atom. The minimum atomic E-state index is -0.817. The lowest BCUT2D eigenvalue weighted by molar-refractivity contribution is -0.139. The van der Waals surface area contributed by atoms with Crippen molar-refractivity contribution < 1.29 is 28.5 Å². The smallest absolute Gasteiger partial charge is 0.338 e. The summed E-state index contributed by atoms with van der Waals surface area (Å²) in [7, 11) is 3.09. The fourth-order valence-corrected chi connectivity index (χ4v) is 5.49. The van der Waals surface area contributed by atoms with Crippen LogP contribution in [0.4, 0.5) is 0 Å². The molecule has 0 saturated carbocycles. The van der Waals surface area contributed by atoms with Crippen LogP contribution in [0.5, 0.6) is 23.0 Å². The van der Waals surface area contributed by atoms with E-state index in [2.05, 4.69) is 4.99 Å². The van der Waals surface area contributed by atoms with Crippen LogP contribution in [0.1, 0.15) is 31.0 Å². The summed E-state index contributed by atoms with van der Waals surface area (Å²) in [6.45, 7) is 4.63. The summed E-state index contributed by atoms with van der Waals surface area (Å²) in [5.74, 6) is 1.83. The number of allylic oxidation sites excluding steroid dienone is 1. The standard InChI is InChI=1S/C27H26N2O7S/c1-5-34-26(31)23-15(2)28-27-29(24(23)18-14-17(32-3)7-9-19(18)33-4)25(30)22(37-27)13-16-6-8-20-21(12-16)36-11-10-35-20/h6-9,12-14,24H,5,10-11H2,1-4H3/b22-13-. The molecule has 37 heavy (non-hydrogen) atoms. The van der Waals surface area contributed by atoms with Gasteiger partial charge in [-0.05, 0) is 55.8 Å². The van der Waals surface area contributed by atoms with Gasteiger partial charge in [-0.1, -0.05) is 17.4 Å². The summed E-state index contributed by atoms with van der Waals surface area (Å²) in [4.78, 5) is 32.1. The number of ether oxygens (including phenoxy) is 5. The third-order valence-corrected chi connectivity index (χ3v) is 7.10. The van der Waals surface area contributed by atoms with E-state index in [1.165, 1.54) is 23.0 Å². The normalized spacial score (nSPS) is 16.6. The third-order valence-electron chi connectivity index (χ3n) is 6.11. The van der Waals surface area contributed by atoms with Gasteiger partial charge in [0.2, 0.25) is 0 Å². The average molecular weight is 523 g/mol. The van der Waals surface area contributed by atoms with Crippen molar-refractivity contribution in [3.05, 3.63) is 78.5 Å². The second-order valence-electron chi connectivity index (χ2n) is 8.31. The van der Waals surface area contributed by atoms with Crippen molar-refractivity contribution in [2.75, 3.05) is 34.0 Å². The molecular weight excluding hydrogens is 496 g/mol. The van der Waals surface area contributed by atoms with Crippen LogP contribution in [0.15, 0.2) is 57.5 Å². The lowest BCUT2D eigenvalue weighted by Crippen LogP contribution is -2.40. The number of carbonyl (C=O) groups excluding carboxylic acids is 1. The second-order valence-corrected chi connectivity index (χ2v) is 9.32. The Kier molecular flexibility index (Phi) is 6.75. The van der Waals surface area contributed by atoms with E-state index in [4.69, 9.17) is 23.7 Å². The zero-order valence-electron chi connectivity index (χ0n) is 20.9. The number of aromatic nitrogens is 1. The first-order valence-electron chi connectivity index (χ1n) is 11.8. The van der Waals surface area contributed by atoms with E-state index in [0.717, 1.165) is 5.56 Å². The van der Waals surface area contributed by atoms with Gasteiger partial charge in [0.1, 0.15) is 30.8 Å². The Bertz CT molecular complexity index is 1580. The summed E-state index contributed by atoms with van der Waals surface area (Å²) in [5, 5.41) is 0. The molecule has 3 aromatic rings. The first kappa shape index (κ1) is 24.6. The number of methoxy groups -OCH3 is 2. The van der Waals surface area contributed by atoms with Gasteiger partial charge in [0.05, 0.1) is 36.6 Å². The molecule has 0 aliphatic carbocycles. The number of hydrogen-bond donors (Lipinski definition) is 0. The summed E-state index contributed by atoms with van der Waals surface area (Å²) in [5.41, 5.74) is 1.83. The zero-order valence-corrected chi connectivity index (χ0v) is 21.7. The molecule has 0 N–H and O–H groups in total. The SMILES string of the molecule is CCOC(=O)C1=C(C)N=c2s/c(=C\c3ccc4c(c3)OCCO4)c(=O)n2C1c1cc(OC)ccc1OC. The van der Waals surface area contributed by atoms with Crippen molar-refractivity contribution >= 4 is 23.4 Å². The first-order valence-corrected chi connectivity index (χ1v) is 12.6. The lowest BCUT2D eigenvalue weighted by atomic mass is 9.94. The molecule has 1 atom stereocenters. The molecule has 0 spiro atoms. The van der Waals surface area contributed by atoms with Crippen molar-refractivity contribution in [2.24, 2.45) is 4.99 Å². The van der Waals surface area contributed by atoms with Crippen LogP contribution in [-0.2, 0) is 9.53 Å². The minimum absolute atomic E-state index is 0.187. The molecule has 0 amide bonds. The molecule has 0 radical (unpaired) electrons. The molecule has 0 bridgehead atoms. The van der Waals surface area contributed by atoms with Gasteiger partial charge in [0, 0.05) is 5.56 Å². The number of fused-ring (bicyclic) bond motifs is 2. The Labute approximate surface area is 216 Å². The van der Waals surface area contributed by atoms with E-state index in [1.807, 2.05) is 18.2 Å². The molecule has 3 heterocycles. The molecular formula is C27H26N2O7S. The molecule has 0 fully saturated rings. The minimum Gasteiger partial charge on any atom is -0.497 e. The number of hydrogen-bond acceptors (Lipinski definition) is 9. The summed E-state index contributed by atoms with van der Waals surface area (Å²) in [6, 6.07) is 9.98.